The van der Waals surface area contributed by atoms with Crippen molar-refractivity contribution in [2.45, 2.75) is 38.4 Å². The van der Waals surface area contributed by atoms with E-state index < -0.39 is 12.7 Å². The molecule has 10 heteroatoms. The van der Waals surface area contributed by atoms with Crippen LogP contribution in [0.2, 0.25) is 0 Å². The van der Waals surface area contributed by atoms with Gasteiger partial charge in [-0.3, -0.25) is 9.69 Å². The number of likely N-dealkylation sites (tertiary alicyclic amines) is 2. The average Bonchev–Trinajstić information content (AvgIpc) is 3.15. The van der Waals surface area contributed by atoms with Crippen molar-refractivity contribution in [3.63, 3.8) is 0 Å². The van der Waals surface area contributed by atoms with Gasteiger partial charge in [0.2, 0.25) is 5.91 Å². The number of rotatable bonds is 5. The number of guanidine groups is 1. The van der Waals surface area contributed by atoms with Crippen molar-refractivity contribution in [1.82, 2.24) is 20.4 Å². The first-order chi connectivity index (χ1) is 11.4. The summed E-state index contributed by atoms with van der Waals surface area (Å²) >= 11 is 0. The Bertz CT molecular complexity index is 455. The standard InChI is InChI=1S/C15H26F3N5O.HI/c1-2-19-14(20-9-13(24)23-6-3-4-7-23)21-12-5-8-22(10-12)11-15(16,17)18;/h12H,2-11H2,1H3,(H2,19,20,21);1H. The Hall–Kier alpha value is -0.780. The molecule has 2 heterocycles. The summed E-state index contributed by atoms with van der Waals surface area (Å²) in [7, 11) is 0. The fourth-order valence-electron chi connectivity index (χ4n) is 3.07. The first-order valence-corrected chi connectivity index (χ1v) is 8.49. The van der Waals surface area contributed by atoms with Crippen LogP contribution in [0.5, 0.6) is 0 Å². The van der Waals surface area contributed by atoms with Crippen molar-refractivity contribution in [2.75, 3.05) is 45.8 Å². The van der Waals surface area contributed by atoms with Crippen molar-refractivity contribution < 1.29 is 18.0 Å². The summed E-state index contributed by atoms with van der Waals surface area (Å²) < 4.78 is 37.3. The van der Waals surface area contributed by atoms with Crippen LogP contribution in [0.25, 0.3) is 0 Å². The maximum absolute atomic E-state index is 12.4. The summed E-state index contributed by atoms with van der Waals surface area (Å²) in [5.74, 6) is 0.485. The van der Waals surface area contributed by atoms with Crippen LogP contribution in [0.3, 0.4) is 0 Å². The second-order valence-electron chi connectivity index (χ2n) is 6.26. The summed E-state index contributed by atoms with van der Waals surface area (Å²) in [6.45, 7) is 4.02. The highest BCUT2D eigenvalue weighted by Gasteiger charge is 2.34. The molecule has 0 aromatic heterocycles. The number of carbonyl (C=O) groups is 1. The van der Waals surface area contributed by atoms with Gasteiger partial charge in [0.15, 0.2) is 5.96 Å². The second kappa shape index (κ2) is 10.4. The third kappa shape index (κ3) is 7.97. The molecule has 1 unspecified atom stereocenters. The van der Waals surface area contributed by atoms with E-state index in [2.05, 4.69) is 15.6 Å². The third-order valence-corrected chi connectivity index (χ3v) is 4.19. The zero-order valence-electron chi connectivity index (χ0n) is 14.4. The van der Waals surface area contributed by atoms with Crippen molar-refractivity contribution in [2.24, 2.45) is 4.99 Å². The fraction of sp³-hybridized carbons (Fsp3) is 0.867. The van der Waals surface area contributed by atoms with Crippen LogP contribution in [0.1, 0.15) is 26.2 Å². The molecular weight excluding hydrogens is 450 g/mol. The fourth-order valence-corrected chi connectivity index (χ4v) is 3.07. The summed E-state index contributed by atoms with van der Waals surface area (Å²) in [6.07, 6.45) is -1.48. The van der Waals surface area contributed by atoms with E-state index in [0.717, 1.165) is 25.9 Å². The number of hydrogen-bond donors (Lipinski definition) is 2. The van der Waals surface area contributed by atoms with E-state index in [4.69, 9.17) is 0 Å². The lowest BCUT2D eigenvalue weighted by Gasteiger charge is -2.20. The Morgan fingerprint density at radius 2 is 1.92 bits per heavy atom. The van der Waals surface area contributed by atoms with Crippen LogP contribution in [0.4, 0.5) is 13.2 Å². The molecule has 2 rings (SSSR count). The van der Waals surface area contributed by atoms with Gasteiger partial charge in [-0.1, -0.05) is 0 Å². The zero-order chi connectivity index (χ0) is 17.6. The molecule has 2 aliphatic heterocycles. The molecule has 0 aliphatic carbocycles. The van der Waals surface area contributed by atoms with Crippen molar-refractivity contribution in [1.29, 1.82) is 0 Å². The number of alkyl halides is 3. The smallest absolute Gasteiger partial charge is 0.357 e. The Labute approximate surface area is 163 Å². The molecule has 25 heavy (non-hydrogen) atoms. The number of aliphatic imine (C=N–C) groups is 1. The predicted molar refractivity (Wildman–Crippen MR) is 101 cm³/mol. The van der Waals surface area contributed by atoms with Gasteiger partial charge in [-0.15, -0.1) is 24.0 Å². The lowest BCUT2D eigenvalue weighted by molar-refractivity contribution is -0.143. The van der Waals surface area contributed by atoms with E-state index in [9.17, 15) is 18.0 Å². The molecule has 0 saturated carbocycles. The topological polar surface area (TPSA) is 60.0 Å². The zero-order valence-corrected chi connectivity index (χ0v) is 16.8. The molecule has 0 aromatic carbocycles. The molecule has 2 fully saturated rings. The molecule has 1 atom stereocenters. The molecule has 0 aromatic rings. The van der Waals surface area contributed by atoms with Crippen LogP contribution >= 0.6 is 24.0 Å². The molecule has 2 saturated heterocycles. The third-order valence-electron chi connectivity index (χ3n) is 4.19. The maximum Gasteiger partial charge on any atom is 0.401 e. The van der Waals surface area contributed by atoms with E-state index in [1.807, 2.05) is 6.92 Å². The molecule has 6 nitrogen and oxygen atoms in total. The van der Waals surface area contributed by atoms with Gasteiger partial charge in [0.1, 0.15) is 6.54 Å². The SMILES string of the molecule is CCNC(=NCC(=O)N1CCCC1)NC1CCN(CC(F)(F)F)C1.I. The van der Waals surface area contributed by atoms with Crippen LogP contribution in [-0.2, 0) is 4.79 Å². The summed E-state index contributed by atoms with van der Waals surface area (Å²) in [4.78, 5) is 19.5. The minimum absolute atomic E-state index is 0. The van der Waals surface area contributed by atoms with Crippen molar-refractivity contribution in [3.8, 4) is 0 Å². The number of nitrogens with zero attached hydrogens (tertiary/aromatic N) is 3. The molecule has 2 N–H and O–H groups in total. The lowest BCUT2D eigenvalue weighted by atomic mass is 10.3. The van der Waals surface area contributed by atoms with E-state index in [0.29, 0.717) is 32.0 Å². The Balaban J connectivity index is 0.00000312. The monoisotopic (exact) mass is 477 g/mol. The van der Waals surface area contributed by atoms with Crippen LogP contribution < -0.4 is 10.6 Å². The molecular formula is C15H27F3IN5O. The van der Waals surface area contributed by atoms with E-state index in [1.165, 1.54) is 4.90 Å². The number of nitrogens with one attached hydrogen (secondary N) is 2. The number of amides is 1. The van der Waals surface area contributed by atoms with Crippen molar-refractivity contribution in [3.05, 3.63) is 0 Å². The minimum Gasteiger partial charge on any atom is -0.357 e. The quantitative estimate of drug-likeness (QED) is 0.358. The normalized spacial score (nSPS) is 22.0. The van der Waals surface area contributed by atoms with Crippen LogP contribution in [0.15, 0.2) is 4.99 Å². The predicted octanol–water partition coefficient (Wildman–Crippen LogP) is 1.42. The first kappa shape index (κ1) is 22.3. The summed E-state index contributed by atoms with van der Waals surface area (Å²) in [5, 5.41) is 6.18. The van der Waals surface area contributed by atoms with Gasteiger partial charge >= 0.3 is 6.18 Å². The van der Waals surface area contributed by atoms with Gasteiger partial charge < -0.3 is 15.5 Å². The minimum atomic E-state index is -4.17. The van der Waals surface area contributed by atoms with Crippen LogP contribution in [0, 0.1) is 0 Å². The molecule has 0 bridgehead atoms. The maximum atomic E-state index is 12.4. The number of carbonyl (C=O) groups excluding carboxylic acids is 1. The second-order valence-corrected chi connectivity index (χ2v) is 6.26. The van der Waals surface area contributed by atoms with Gasteiger partial charge in [-0.05, 0) is 26.2 Å². The average molecular weight is 477 g/mol. The van der Waals surface area contributed by atoms with Crippen molar-refractivity contribution >= 4 is 35.8 Å². The van der Waals surface area contributed by atoms with Gasteiger partial charge in [-0.25, -0.2) is 4.99 Å². The molecule has 1 amide bonds. The summed E-state index contributed by atoms with van der Waals surface area (Å²) in [5.41, 5.74) is 0. The van der Waals surface area contributed by atoms with Gasteiger partial charge in [0, 0.05) is 38.8 Å². The Kier molecular flexibility index (Phi) is 9.25. The van der Waals surface area contributed by atoms with E-state index >= 15 is 0 Å². The summed E-state index contributed by atoms with van der Waals surface area (Å²) in [6, 6.07) is -0.0907. The van der Waals surface area contributed by atoms with E-state index in [-0.39, 0.29) is 42.5 Å². The lowest BCUT2D eigenvalue weighted by Crippen LogP contribution is -2.45. The highest BCUT2D eigenvalue weighted by molar-refractivity contribution is 14.0. The Morgan fingerprint density at radius 3 is 2.52 bits per heavy atom. The van der Waals surface area contributed by atoms with E-state index in [1.54, 1.807) is 4.90 Å². The highest BCUT2D eigenvalue weighted by atomic mass is 127. The molecule has 2 aliphatic rings. The van der Waals surface area contributed by atoms with Gasteiger partial charge in [-0.2, -0.15) is 13.2 Å². The largest absolute Gasteiger partial charge is 0.401 e. The molecule has 0 spiro atoms. The van der Waals surface area contributed by atoms with Gasteiger partial charge in [0.05, 0.1) is 6.54 Å². The number of halogens is 4. The first-order valence-electron chi connectivity index (χ1n) is 8.49. The highest BCUT2D eigenvalue weighted by Crippen LogP contribution is 2.19. The Morgan fingerprint density at radius 1 is 1.24 bits per heavy atom. The van der Waals surface area contributed by atoms with Gasteiger partial charge in [0.25, 0.3) is 0 Å². The molecule has 0 radical (unpaired) electrons. The number of hydrogen-bond acceptors (Lipinski definition) is 3. The molecule has 146 valence electrons. The van der Waals surface area contributed by atoms with Crippen LogP contribution in [-0.4, -0.2) is 79.7 Å².